The molecule has 6 heteroatoms. The fourth-order valence-corrected chi connectivity index (χ4v) is 2.80. The van der Waals surface area contributed by atoms with Gasteiger partial charge >= 0.3 is 5.97 Å². The molecule has 3 rings (SSSR count). The van der Waals surface area contributed by atoms with E-state index in [2.05, 4.69) is 0 Å². The maximum Gasteiger partial charge on any atom is 0.356 e. The highest BCUT2D eigenvalue weighted by atomic mass is 19.3. The third kappa shape index (κ3) is 2.24. The van der Waals surface area contributed by atoms with E-state index in [4.69, 9.17) is 10.5 Å². The van der Waals surface area contributed by atoms with Gasteiger partial charge in [0, 0.05) is 12.1 Å². The second-order valence-electron chi connectivity index (χ2n) is 5.34. The largest absolute Gasteiger partial charge is 0.454 e. The van der Waals surface area contributed by atoms with Crippen LogP contribution in [-0.2, 0) is 28.4 Å². The van der Waals surface area contributed by atoms with Crippen LogP contribution in [-0.4, -0.2) is 24.0 Å². The highest BCUT2D eigenvalue weighted by molar-refractivity contribution is 5.90. The van der Waals surface area contributed by atoms with Gasteiger partial charge in [-0.2, -0.15) is 8.78 Å². The molecule has 112 valence electrons. The molecule has 2 heterocycles. The molecule has 2 aliphatic rings. The van der Waals surface area contributed by atoms with Crippen molar-refractivity contribution in [3.05, 3.63) is 46.3 Å². The Hall–Kier alpha value is -2.11. The van der Waals surface area contributed by atoms with Crippen LogP contribution in [0.4, 0.5) is 8.78 Å². The average Bonchev–Trinajstić information content (AvgIpc) is 2.77. The topological polar surface area (TPSA) is 55.6 Å². The molecule has 2 N–H and O–H groups in total. The van der Waals surface area contributed by atoms with Gasteiger partial charge in [-0.3, -0.25) is 0 Å². The third-order valence-corrected chi connectivity index (χ3v) is 3.98. The van der Waals surface area contributed by atoms with Gasteiger partial charge in [0.25, 0.3) is 5.92 Å². The van der Waals surface area contributed by atoms with Crippen molar-refractivity contribution in [2.24, 2.45) is 5.73 Å². The molecule has 0 aromatic heterocycles. The van der Waals surface area contributed by atoms with E-state index in [0.717, 1.165) is 12.0 Å². The highest BCUT2D eigenvalue weighted by Crippen LogP contribution is 2.39. The lowest BCUT2D eigenvalue weighted by atomic mass is 9.93. The second-order valence-corrected chi connectivity index (χ2v) is 5.34. The number of rotatable bonds is 2. The van der Waals surface area contributed by atoms with E-state index < -0.39 is 18.4 Å². The third-order valence-electron chi connectivity index (χ3n) is 3.98. The van der Waals surface area contributed by atoms with Crippen LogP contribution in [0.3, 0.4) is 0 Å². The molecule has 0 unspecified atom stereocenters. The quantitative estimate of drug-likeness (QED) is 0.846. The van der Waals surface area contributed by atoms with Crippen molar-refractivity contribution in [2.45, 2.75) is 25.8 Å². The van der Waals surface area contributed by atoms with Gasteiger partial charge in [-0.05, 0) is 17.5 Å². The Morgan fingerprint density at radius 3 is 2.81 bits per heavy atom. The minimum Gasteiger partial charge on any atom is -0.454 e. The summed E-state index contributed by atoms with van der Waals surface area (Å²) in [5.41, 5.74) is 7.56. The minimum absolute atomic E-state index is 0.0381. The smallest absolute Gasteiger partial charge is 0.356 e. The van der Waals surface area contributed by atoms with E-state index in [1.807, 2.05) is 6.92 Å². The molecule has 0 atom stereocenters. The second kappa shape index (κ2) is 4.72. The van der Waals surface area contributed by atoms with Crippen molar-refractivity contribution >= 4 is 5.97 Å². The lowest BCUT2D eigenvalue weighted by Gasteiger charge is -2.36. The number of nitrogens with two attached hydrogens (primary N) is 1. The number of halogens is 2. The standard InChI is InChI=1S/C15H16F2N2O2/c1-2-9-3-4-11-10(5-9)6-19(8-15(11,16)17)12-7-21-14(20)13(12)18/h3-5H,2,6-8,18H2,1H3. The van der Waals surface area contributed by atoms with Crippen LogP contribution in [0.15, 0.2) is 29.6 Å². The number of esters is 1. The molecule has 1 aromatic carbocycles. The Morgan fingerprint density at radius 2 is 2.19 bits per heavy atom. The Morgan fingerprint density at radius 1 is 1.43 bits per heavy atom. The number of alkyl halides is 2. The van der Waals surface area contributed by atoms with E-state index in [1.165, 1.54) is 11.0 Å². The first kappa shape index (κ1) is 13.9. The first-order chi connectivity index (χ1) is 9.92. The zero-order chi connectivity index (χ0) is 15.2. The maximum absolute atomic E-state index is 14.3. The number of benzene rings is 1. The first-order valence-corrected chi connectivity index (χ1v) is 6.83. The number of carbonyl (C=O) groups excluding carboxylic acids is 1. The lowest BCUT2D eigenvalue weighted by molar-refractivity contribution is -0.136. The van der Waals surface area contributed by atoms with Crippen LogP contribution in [0, 0.1) is 0 Å². The Kier molecular flexibility index (Phi) is 3.11. The van der Waals surface area contributed by atoms with Crippen LogP contribution < -0.4 is 5.73 Å². The maximum atomic E-state index is 14.3. The summed E-state index contributed by atoms with van der Waals surface area (Å²) in [6.45, 7) is 1.76. The monoisotopic (exact) mass is 294 g/mol. The molecule has 0 fully saturated rings. The molecule has 1 aromatic rings. The van der Waals surface area contributed by atoms with Crippen LogP contribution in [0.2, 0.25) is 0 Å². The number of aryl methyl sites for hydroxylation is 1. The van der Waals surface area contributed by atoms with E-state index in [-0.39, 0.29) is 17.9 Å². The van der Waals surface area contributed by atoms with Gasteiger partial charge in [-0.1, -0.05) is 25.1 Å². The van der Waals surface area contributed by atoms with Gasteiger partial charge in [0.1, 0.15) is 12.3 Å². The SMILES string of the molecule is CCc1ccc2c(c1)CN(C1=C(N)C(=O)OC1)CC2(F)F. The molecular weight excluding hydrogens is 278 g/mol. The predicted molar refractivity (Wildman–Crippen MR) is 72.3 cm³/mol. The van der Waals surface area contributed by atoms with Crippen LogP contribution in [0.25, 0.3) is 0 Å². The summed E-state index contributed by atoms with van der Waals surface area (Å²) in [5.74, 6) is -3.61. The van der Waals surface area contributed by atoms with Crippen LogP contribution in [0.5, 0.6) is 0 Å². The molecular formula is C15H16F2N2O2. The zero-order valence-electron chi connectivity index (χ0n) is 11.7. The van der Waals surface area contributed by atoms with Gasteiger partial charge < -0.3 is 15.4 Å². The van der Waals surface area contributed by atoms with Crippen molar-refractivity contribution in [3.63, 3.8) is 0 Å². The van der Waals surface area contributed by atoms with E-state index in [1.54, 1.807) is 12.1 Å². The summed E-state index contributed by atoms with van der Waals surface area (Å²) < 4.78 is 33.5. The first-order valence-electron chi connectivity index (χ1n) is 6.83. The normalized spacial score (nSPS) is 20.5. The summed E-state index contributed by atoms with van der Waals surface area (Å²) in [6, 6.07) is 5.03. The summed E-state index contributed by atoms with van der Waals surface area (Å²) in [7, 11) is 0. The zero-order valence-corrected chi connectivity index (χ0v) is 11.7. The molecule has 0 saturated heterocycles. The number of hydrogen-bond acceptors (Lipinski definition) is 4. The van der Waals surface area contributed by atoms with Gasteiger partial charge in [-0.15, -0.1) is 0 Å². The Bertz CT molecular complexity index is 641. The van der Waals surface area contributed by atoms with Gasteiger partial charge in [0.05, 0.1) is 12.2 Å². The molecule has 0 radical (unpaired) electrons. The number of fused-ring (bicyclic) bond motifs is 1. The van der Waals surface area contributed by atoms with Crippen molar-refractivity contribution in [3.8, 4) is 0 Å². The van der Waals surface area contributed by atoms with E-state index in [9.17, 15) is 13.6 Å². The number of ether oxygens (including phenoxy) is 1. The van der Waals surface area contributed by atoms with Crippen molar-refractivity contribution < 1.29 is 18.3 Å². The number of nitrogens with zero attached hydrogens (tertiary/aromatic N) is 1. The van der Waals surface area contributed by atoms with Crippen LogP contribution in [0.1, 0.15) is 23.6 Å². The van der Waals surface area contributed by atoms with E-state index in [0.29, 0.717) is 17.8 Å². The fraction of sp³-hybridized carbons (Fsp3) is 0.400. The summed E-state index contributed by atoms with van der Waals surface area (Å²) in [4.78, 5) is 12.8. The number of cyclic esters (lactones) is 1. The Labute approximate surface area is 121 Å². The van der Waals surface area contributed by atoms with Gasteiger partial charge in [-0.25, -0.2) is 4.79 Å². The molecule has 0 bridgehead atoms. The molecule has 0 amide bonds. The van der Waals surface area contributed by atoms with Gasteiger partial charge in [0.2, 0.25) is 0 Å². The molecule has 4 nitrogen and oxygen atoms in total. The average molecular weight is 294 g/mol. The molecule has 0 spiro atoms. The van der Waals surface area contributed by atoms with E-state index >= 15 is 0 Å². The number of carbonyl (C=O) groups is 1. The molecule has 0 saturated carbocycles. The summed E-state index contributed by atoms with van der Waals surface area (Å²) >= 11 is 0. The predicted octanol–water partition coefficient (Wildman–Crippen LogP) is 1.88. The number of hydrogen-bond donors (Lipinski definition) is 1. The summed E-state index contributed by atoms with van der Waals surface area (Å²) in [5, 5.41) is 0. The minimum atomic E-state index is -2.97. The van der Waals surface area contributed by atoms with Crippen LogP contribution >= 0.6 is 0 Å². The lowest BCUT2D eigenvalue weighted by Crippen LogP contribution is -2.41. The van der Waals surface area contributed by atoms with Crippen molar-refractivity contribution in [1.82, 2.24) is 4.90 Å². The molecule has 0 aliphatic carbocycles. The van der Waals surface area contributed by atoms with Gasteiger partial charge in [0.15, 0.2) is 0 Å². The highest BCUT2D eigenvalue weighted by Gasteiger charge is 2.42. The van der Waals surface area contributed by atoms with Crippen molar-refractivity contribution in [2.75, 3.05) is 13.2 Å². The molecule has 21 heavy (non-hydrogen) atoms. The summed E-state index contributed by atoms with van der Waals surface area (Å²) in [6.07, 6.45) is 0.783. The van der Waals surface area contributed by atoms with Crippen molar-refractivity contribution in [1.29, 1.82) is 0 Å². The molecule has 2 aliphatic heterocycles. The fourth-order valence-electron chi connectivity index (χ4n) is 2.80. The Balaban J connectivity index is 2.00.